The minimum Gasteiger partial charge on any atom is -0.314 e. The quantitative estimate of drug-likeness (QED) is 0.202. The van der Waals surface area contributed by atoms with E-state index in [1.165, 1.54) is 66.8 Å². The van der Waals surface area contributed by atoms with Crippen molar-refractivity contribution in [3.05, 3.63) is 221 Å². The van der Waals surface area contributed by atoms with Gasteiger partial charge in [-0.25, -0.2) is 0 Å². The van der Waals surface area contributed by atoms with Crippen LogP contribution in [0, 0.1) is 0 Å². The molecule has 1 nitrogen and oxygen atoms in total. The molecule has 1 heteroatoms. The van der Waals surface area contributed by atoms with Crippen molar-refractivity contribution >= 4 is 5.57 Å². The average Bonchev–Trinajstić information content (AvgIpc) is 3.77. The highest BCUT2D eigenvalue weighted by Gasteiger charge is 2.46. The van der Waals surface area contributed by atoms with E-state index in [9.17, 15) is 0 Å². The van der Waals surface area contributed by atoms with Gasteiger partial charge in [-0.2, -0.15) is 0 Å². The summed E-state index contributed by atoms with van der Waals surface area (Å²) < 4.78 is 0. The van der Waals surface area contributed by atoms with Gasteiger partial charge in [0.1, 0.15) is 0 Å². The Morgan fingerprint density at radius 2 is 0.851 bits per heavy atom. The fourth-order valence-electron chi connectivity index (χ4n) is 7.81. The highest BCUT2D eigenvalue weighted by Crippen LogP contribution is 2.56. The smallest absolute Gasteiger partial charge is 0.0863 e. The molecule has 1 unspecified atom stereocenters. The molecule has 0 bridgehead atoms. The lowest BCUT2D eigenvalue weighted by Gasteiger charge is -2.34. The molecule has 0 aliphatic heterocycles. The summed E-state index contributed by atoms with van der Waals surface area (Å²) in [5.74, 6) is 0. The van der Waals surface area contributed by atoms with E-state index < -0.39 is 11.0 Å². The number of hydrogen-bond donors (Lipinski definition) is 1. The predicted octanol–water partition coefficient (Wildman–Crippen LogP) is 10.6. The van der Waals surface area contributed by atoms with Crippen LogP contribution in [-0.2, 0) is 11.0 Å². The van der Waals surface area contributed by atoms with Crippen LogP contribution in [0.25, 0.3) is 39.0 Å². The first-order chi connectivity index (χ1) is 23.2. The van der Waals surface area contributed by atoms with Crippen LogP contribution in [0.5, 0.6) is 0 Å². The van der Waals surface area contributed by atoms with E-state index in [2.05, 4.69) is 182 Å². The molecular formula is C46H33N. The molecule has 47 heavy (non-hydrogen) atoms. The second kappa shape index (κ2) is 10.7. The van der Waals surface area contributed by atoms with Gasteiger partial charge in [0, 0.05) is 0 Å². The van der Waals surface area contributed by atoms with Gasteiger partial charge in [0.25, 0.3) is 0 Å². The van der Waals surface area contributed by atoms with Gasteiger partial charge in [0.2, 0.25) is 0 Å². The van der Waals surface area contributed by atoms with E-state index >= 15 is 0 Å². The van der Waals surface area contributed by atoms with Crippen molar-refractivity contribution in [3.8, 4) is 33.4 Å². The molecular weight excluding hydrogens is 567 g/mol. The molecule has 0 saturated heterocycles. The SMILES string of the molecule is NC1(c2ccc(-c3cccc(-c4ccc5c(c4)C(c4ccccc4)(c4ccccc4)c4ccccc4-5)c3)cc2)C=C1c1ccccc1. The molecule has 0 spiro atoms. The van der Waals surface area contributed by atoms with Gasteiger partial charge in [-0.1, -0.05) is 170 Å². The van der Waals surface area contributed by atoms with Crippen molar-refractivity contribution in [1.82, 2.24) is 0 Å². The molecule has 9 rings (SSSR count). The van der Waals surface area contributed by atoms with Gasteiger partial charge in [-0.3, -0.25) is 0 Å². The molecule has 0 fully saturated rings. The average molecular weight is 600 g/mol. The highest BCUT2D eigenvalue weighted by atomic mass is 14.8. The molecule has 0 radical (unpaired) electrons. The zero-order chi connectivity index (χ0) is 31.4. The summed E-state index contributed by atoms with van der Waals surface area (Å²) in [5, 5.41) is 0. The largest absolute Gasteiger partial charge is 0.314 e. The maximum Gasteiger partial charge on any atom is 0.0863 e. The number of nitrogens with two attached hydrogens (primary N) is 1. The monoisotopic (exact) mass is 599 g/mol. The summed E-state index contributed by atoms with van der Waals surface area (Å²) in [6.07, 6.45) is 2.16. The first-order valence-corrected chi connectivity index (χ1v) is 16.3. The Morgan fingerprint density at radius 1 is 0.340 bits per heavy atom. The maximum atomic E-state index is 6.82. The third-order valence-electron chi connectivity index (χ3n) is 10.2. The van der Waals surface area contributed by atoms with Crippen LogP contribution < -0.4 is 5.73 Å². The maximum absolute atomic E-state index is 6.82. The molecule has 7 aromatic carbocycles. The van der Waals surface area contributed by atoms with Gasteiger partial charge >= 0.3 is 0 Å². The molecule has 2 aliphatic rings. The zero-order valence-electron chi connectivity index (χ0n) is 26.0. The summed E-state index contributed by atoms with van der Waals surface area (Å²) >= 11 is 0. The summed E-state index contributed by atoms with van der Waals surface area (Å²) in [7, 11) is 0. The summed E-state index contributed by atoms with van der Waals surface area (Å²) in [5.41, 5.74) is 22.0. The van der Waals surface area contributed by atoms with Crippen LogP contribution >= 0.6 is 0 Å². The van der Waals surface area contributed by atoms with E-state index in [-0.39, 0.29) is 0 Å². The van der Waals surface area contributed by atoms with Crippen LogP contribution in [0.15, 0.2) is 188 Å². The van der Waals surface area contributed by atoms with E-state index in [1.54, 1.807) is 0 Å². The van der Waals surface area contributed by atoms with Gasteiger partial charge in [-0.05, 0) is 90.5 Å². The summed E-state index contributed by atoms with van der Waals surface area (Å²) in [4.78, 5) is 0. The van der Waals surface area contributed by atoms with Gasteiger partial charge in [0.05, 0.1) is 11.0 Å². The fraction of sp³-hybridized carbons (Fsp3) is 0.0435. The first kappa shape index (κ1) is 27.5. The van der Waals surface area contributed by atoms with Crippen LogP contribution in [0.4, 0.5) is 0 Å². The molecule has 1 atom stereocenters. The Morgan fingerprint density at radius 3 is 1.53 bits per heavy atom. The van der Waals surface area contributed by atoms with Crippen molar-refractivity contribution in [1.29, 1.82) is 0 Å². The number of rotatable bonds is 6. The Bertz CT molecular complexity index is 2240. The molecule has 0 saturated carbocycles. The fourth-order valence-corrected chi connectivity index (χ4v) is 7.81. The molecule has 222 valence electrons. The standard InChI is InChI=1S/C46H33N/c47-45(31-44(45)33-13-4-1-5-14-33)37-26-23-32(24-27-37)34-15-12-16-35(29-34)36-25-28-41-40-21-10-11-22-42(40)46(43(41)30-36,38-17-6-2-7-18-38)39-19-8-3-9-20-39/h1-31H,47H2. The van der Waals surface area contributed by atoms with Crippen molar-refractivity contribution in [2.24, 2.45) is 5.73 Å². The van der Waals surface area contributed by atoms with Crippen LogP contribution in [0.1, 0.15) is 33.4 Å². The Balaban J connectivity index is 1.12. The predicted molar refractivity (Wildman–Crippen MR) is 195 cm³/mol. The summed E-state index contributed by atoms with van der Waals surface area (Å²) in [6.45, 7) is 0. The lowest BCUT2D eigenvalue weighted by molar-refractivity contribution is 0.769. The number of fused-ring (bicyclic) bond motifs is 3. The molecule has 2 aliphatic carbocycles. The van der Waals surface area contributed by atoms with Crippen LogP contribution in [0.3, 0.4) is 0 Å². The van der Waals surface area contributed by atoms with Gasteiger partial charge in [0.15, 0.2) is 0 Å². The van der Waals surface area contributed by atoms with Crippen LogP contribution in [-0.4, -0.2) is 0 Å². The molecule has 2 N–H and O–H groups in total. The number of hydrogen-bond acceptors (Lipinski definition) is 1. The van der Waals surface area contributed by atoms with E-state index in [4.69, 9.17) is 5.73 Å². The minimum absolute atomic E-state index is 0.411. The second-order valence-corrected chi connectivity index (χ2v) is 12.7. The Hall–Kier alpha value is -5.76. The van der Waals surface area contributed by atoms with Crippen molar-refractivity contribution in [2.45, 2.75) is 11.0 Å². The molecule has 7 aromatic rings. The molecule has 0 amide bonds. The normalized spacial score (nSPS) is 17.0. The molecule has 0 aromatic heterocycles. The van der Waals surface area contributed by atoms with Crippen molar-refractivity contribution in [3.63, 3.8) is 0 Å². The minimum atomic E-state index is -0.492. The topological polar surface area (TPSA) is 26.0 Å². The van der Waals surface area contributed by atoms with Crippen LogP contribution in [0.2, 0.25) is 0 Å². The van der Waals surface area contributed by atoms with Crippen molar-refractivity contribution in [2.75, 3.05) is 0 Å². The van der Waals surface area contributed by atoms with Gasteiger partial charge in [-0.15, -0.1) is 0 Å². The molecule has 0 heterocycles. The van der Waals surface area contributed by atoms with E-state index in [0.717, 1.165) is 5.56 Å². The Labute approximate surface area is 276 Å². The third-order valence-corrected chi connectivity index (χ3v) is 10.2. The lowest BCUT2D eigenvalue weighted by Crippen LogP contribution is -2.28. The second-order valence-electron chi connectivity index (χ2n) is 12.7. The van der Waals surface area contributed by atoms with E-state index in [1.807, 2.05) is 6.07 Å². The lowest BCUT2D eigenvalue weighted by atomic mass is 9.67. The first-order valence-electron chi connectivity index (χ1n) is 16.3. The van der Waals surface area contributed by atoms with Gasteiger partial charge < -0.3 is 5.73 Å². The Kier molecular flexibility index (Phi) is 6.25. The highest BCUT2D eigenvalue weighted by molar-refractivity contribution is 5.91. The third kappa shape index (κ3) is 4.28. The zero-order valence-corrected chi connectivity index (χ0v) is 26.0. The van der Waals surface area contributed by atoms with E-state index in [0.29, 0.717) is 0 Å². The summed E-state index contributed by atoms with van der Waals surface area (Å²) in [6, 6.07) is 66.0. The number of benzene rings is 7. The van der Waals surface area contributed by atoms with Crippen molar-refractivity contribution < 1.29 is 0 Å².